The van der Waals surface area contributed by atoms with Gasteiger partial charge in [-0.2, -0.15) is 23.4 Å². The molecule has 3 aromatic rings. The maximum absolute atomic E-state index is 13.2. The predicted molar refractivity (Wildman–Crippen MR) is 115 cm³/mol. The quantitative estimate of drug-likeness (QED) is 0.545. The lowest BCUT2D eigenvalue weighted by Gasteiger charge is -2.15. The van der Waals surface area contributed by atoms with Crippen LogP contribution in [0.15, 0.2) is 42.6 Å². The Kier molecular flexibility index (Phi) is 5.96. The van der Waals surface area contributed by atoms with Crippen LogP contribution < -0.4 is 10.6 Å². The van der Waals surface area contributed by atoms with Crippen molar-refractivity contribution in [2.24, 2.45) is 0 Å². The van der Waals surface area contributed by atoms with Crippen LogP contribution in [-0.2, 0) is 17.5 Å². The van der Waals surface area contributed by atoms with E-state index in [0.29, 0.717) is 17.9 Å². The molecule has 1 aliphatic carbocycles. The Bertz CT molecular complexity index is 1160. The number of rotatable bonds is 7. The van der Waals surface area contributed by atoms with Crippen LogP contribution in [-0.4, -0.2) is 31.4 Å². The van der Waals surface area contributed by atoms with Gasteiger partial charge in [-0.15, -0.1) is 0 Å². The lowest BCUT2D eigenvalue weighted by atomic mass is 10.2. The molecule has 4 rings (SSSR count). The highest BCUT2D eigenvalue weighted by Crippen LogP contribution is 2.43. The topological polar surface area (TPSA) is 93.8 Å². The summed E-state index contributed by atoms with van der Waals surface area (Å²) in [5.74, 6) is -1.16. The number of benzene rings is 1. The van der Waals surface area contributed by atoms with Crippen LogP contribution in [0.4, 0.5) is 24.5 Å². The Morgan fingerprint density at radius 2 is 1.85 bits per heavy atom. The van der Waals surface area contributed by atoms with E-state index in [0.717, 1.165) is 23.6 Å². The number of aromatic nitrogens is 4. The largest absolute Gasteiger partial charge is 0.435 e. The molecule has 1 saturated carbocycles. The van der Waals surface area contributed by atoms with Crippen molar-refractivity contribution in [1.29, 1.82) is 0 Å². The fourth-order valence-electron chi connectivity index (χ4n) is 3.44. The van der Waals surface area contributed by atoms with Gasteiger partial charge in [0.15, 0.2) is 11.4 Å². The van der Waals surface area contributed by atoms with Crippen molar-refractivity contribution in [3.8, 4) is 0 Å². The Labute approximate surface area is 187 Å². The number of nitrogens with one attached hydrogen (secondary N) is 2. The summed E-state index contributed by atoms with van der Waals surface area (Å²) in [7, 11) is 0. The van der Waals surface area contributed by atoms with E-state index in [1.807, 2.05) is 13.0 Å². The van der Waals surface area contributed by atoms with Crippen LogP contribution in [0.3, 0.4) is 0 Å². The van der Waals surface area contributed by atoms with Crippen LogP contribution in [0.1, 0.15) is 60.5 Å². The van der Waals surface area contributed by atoms with Crippen molar-refractivity contribution in [3.05, 3.63) is 59.7 Å². The lowest BCUT2D eigenvalue weighted by Crippen LogP contribution is -2.27. The first kappa shape index (κ1) is 22.6. The van der Waals surface area contributed by atoms with Crippen LogP contribution >= 0.6 is 0 Å². The average Bonchev–Trinajstić information content (AvgIpc) is 3.37. The molecule has 0 spiro atoms. The number of nitrogens with zero attached hydrogens (tertiary/aromatic N) is 4. The van der Waals surface area contributed by atoms with Gasteiger partial charge in [0, 0.05) is 30.0 Å². The molecule has 8 nitrogen and oxygen atoms in total. The number of hydrogen-bond acceptors (Lipinski definition) is 4. The van der Waals surface area contributed by atoms with Crippen LogP contribution in [0, 0.1) is 0 Å². The smallest absolute Gasteiger partial charge is 0.321 e. The van der Waals surface area contributed by atoms with Gasteiger partial charge in [0.1, 0.15) is 6.04 Å². The molecule has 2 aromatic heterocycles. The van der Waals surface area contributed by atoms with E-state index in [1.54, 1.807) is 24.3 Å². The molecule has 1 aliphatic rings. The molecule has 0 saturated heterocycles. The molecule has 1 aromatic carbocycles. The number of carbonyl (C=O) groups excluding carboxylic acids is 2. The standard InChI is InChI=1S/C22H23F3N6O2/c1-3-30-12-16(19(29-30)21(33)26-15-7-5-4-6-8-15)27-20(32)13(2)31-17(14-9-10-14)11-18(28-31)22(23,24)25/h4-8,11-14H,3,9-10H2,1-2H3,(H,26,33)(H,27,32). The van der Waals surface area contributed by atoms with Crippen molar-refractivity contribution in [3.63, 3.8) is 0 Å². The van der Waals surface area contributed by atoms with E-state index >= 15 is 0 Å². The molecule has 0 bridgehead atoms. The third-order valence-corrected chi connectivity index (χ3v) is 5.39. The third kappa shape index (κ3) is 4.91. The van der Waals surface area contributed by atoms with E-state index in [9.17, 15) is 22.8 Å². The lowest BCUT2D eigenvalue weighted by molar-refractivity contribution is -0.141. The number of halogens is 3. The van der Waals surface area contributed by atoms with Gasteiger partial charge >= 0.3 is 6.18 Å². The number of amides is 2. The van der Waals surface area contributed by atoms with Gasteiger partial charge in [-0.1, -0.05) is 18.2 Å². The Morgan fingerprint density at radius 1 is 1.15 bits per heavy atom. The summed E-state index contributed by atoms with van der Waals surface area (Å²) in [6.07, 6.45) is -1.58. The van der Waals surface area contributed by atoms with Gasteiger partial charge in [0.05, 0.1) is 5.69 Å². The van der Waals surface area contributed by atoms with Gasteiger partial charge < -0.3 is 10.6 Å². The fraction of sp³-hybridized carbons (Fsp3) is 0.364. The zero-order chi connectivity index (χ0) is 23.8. The minimum atomic E-state index is -4.60. The summed E-state index contributed by atoms with van der Waals surface area (Å²) in [5, 5.41) is 13.2. The number of hydrogen-bond donors (Lipinski definition) is 2. The first-order valence-corrected chi connectivity index (χ1v) is 10.6. The molecule has 2 amide bonds. The zero-order valence-corrected chi connectivity index (χ0v) is 18.1. The Balaban J connectivity index is 1.57. The summed E-state index contributed by atoms with van der Waals surface area (Å²) < 4.78 is 42.2. The first-order chi connectivity index (χ1) is 15.7. The van der Waals surface area contributed by atoms with Gasteiger partial charge in [-0.3, -0.25) is 19.0 Å². The van der Waals surface area contributed by atoms with Crippen molar-refractivity contribution < 1.29 is 22.8 Å². The second-order valence-corrected chi connectivity index (χ2v) is 7.90. The molecule has 33 heavy (non-hydrogen) atoms. The molecular weight excluding hydrogens is 437 g/mol. The van der Waals surface area contributed by atoms with Gasteiger partial charge in [-0.05, 0) is 44.9 Å². The molecule has 0 radical (unpaired) electrons. The molecule has 2 heterocycles. The summed E-state index contributed by atoms with van der Waals surface area (Å²) >= 11 is 0. The summed E-state index contributed by atoms with van der Waals surface area (Å²) in [6.45, 7) is 3.75. The van der Waals surface area contributed by atoms with Crippen LogP contribution in [0.5, 0.6) is 0 Å². The second-order valence-electron chi connectivity index (χ2n) is 7.90. The highest BCUT2D eigenvalue weighted by Gasteiger charge is 2.39. The normalized spacial score (nSPS) is 14.7. The highest BCUT2D eigenvalue weighted by atomic mass is 19.4. The van der Waals surface area contributed by atoms with E-state index in [-0.39, 0.29) is 17.3 Å². The SMILES string of the molecule is CCn1cc(NC(=O)C(C)n2nc(C(F)(F)F)cc2C2CC2)c(C(=O)Nc2ccccc2)n1. The number of aryl methyl sites for hydroxylation is 1. The summed E-state index contributed by atoms with van der Waals surface area (Å²) in [6, 6.07) is 8.75. The Morgan fingerprint density at radius 3 is 2.45 bits per heavy atom. The maximum Gasteiger partial charge on any atom is 0.435 e. The molecular formula is C22H23F3N6O2. The predicted octanol–water partition coefficient (Wildman–Crippen LogP) is 4.45. The van der Waals surface area contributed by atoms with Crippen molar-refractivity contribution in [2.45, 2.75) is 51.4 Å². The molecule has 11 heteroatoms. The van der Waals surface area contributed by atoms with Gasteiger partial charge in [0.25, 0.3) is 5.91 Å². The average molecular weight is 460 g/mol. The zero-order valence-electron chi connectivity index (χ0n) is 18.1. The maximum atomic E-state index is 13.2. The second kappa shape index (κ2) is 8.72. The van der Waals surface area contributed by atoms with Crippen molar-refractivity contribution >= 4 is 23.2 Å². The van der Waals surface area contributed by atoms with Crippen LogP contribution in [0.2, 0.25) is 0 Å². The molecule has 1 unspecified atom stereocenters. The third-order valence-electron chi connectivity index (χ3n) is 5.39. The van der Waals surface area contributed by atoms with E-state index in [4.69, 9.17) is 0 Å². The summed E-state index contributed by atoms with van der Waals surface area (Å²) in [4.78, 5) is 25.7. The van der Waals surface area contributed by atoms with Crippen LogP contribution in [0.25, 0.3) is 0 Å². The minimum Gasteiger partial charge on any atom is -0.321 e. The highest BCUT2D eigenvalue weighted by molar-refractivity contribution is 6.09. The first-order valence-electron chi connectivity index (χ1n) is 10.6. The van der Waals surface area contributed by atoms with Crippen molar-refractivity contribution in [1.82, 2.24) is 19.6 Å². The molecule has 1 atom stereocenters. The molecule has 2 N–H and O–H groups in total. The number of anilines is 2. The van der Waals surface area contributed by atoms with E-state index < -0.39 is 29.7 Å². The van der Waals surface area contributed by atoms with Crippen molar-refractivity contribution in [2.75, 3.05) is 10.6 Å². The van der Waals surface area contributed by atoms with Gasteiger partial charge in [0.2, 0.25) is 5.91 Å². The fourth-order valence-corrected chi connectivity index (χ4v) is 3.44. The molecule has 0 aliphatic heterocycles. The Hall–Kier alpha value is -3.63. The number of carbonyl (C=O) groups is 2. The van der Waals surface area contributed by atoms with E-state index in [1.165, 1.54) is 17.8 Å². The monoisotopic (exact) mass is 460 g/mol. The molecule has 174 valence electrons. The molecule has 1 fully saturated rings. The number of alkyl halides is 3. The number of para-hydroxylation sites is 1. The van der Waals surface area contributed by atoms with Gasteiger partial charge in [-0.25, -0.2) is 0 Å². The minimum absolute atomic E-state index is 0.000107. The summed E-state index contributed by atoms with van der Waals surface area (Å²) in [5.41, 5.74) is 0.0879. The van der Waals surface area contributed by atoms with E-state index in [2.05, 4.69) is 20.8 Å².